The van der Waals surface area contributed by atoms with Gasteiger partial charge in [-0.2, -0.15) is 0 Å². The molecule has 1 amide bonds. The van der Waals surface area contributed by atoms with Crippen molar-refractivity contribution in [1.29, 1.82) is 0 Å². The molecule has 1 aromatic heterocycles. The SMILES string of the molecule is O=C(Nc1cccnc1)c1cc(CN2CCOCC2)ccc1OCc1ccccc1. The first-order chi connectivity index (χ1) is 14.8. The summed E-state index contributed by atoms with van der Waals surface area (Å²) < 4.78 is 11.4. The van der Waals surface area contributed by atoms with Gasteiger partial charge in [0.1, 0.15) is 12.4 Å². The fourth-order valence-electron chi connectivity index (χ4n) is 3.37. The van der Waals surface area contributed by atoms with Crippen LogP contribution in [-0.2, 0) is 17.9 Å². The van der Waals surface area contributed by atoms with Crippen LogP contribution in [-0.4, -0.2) is 42.1 Å². The molecule has 0 aliphatic carbocycles. The smallest absolute Gasteiger partial charge is 0.259 e. The van der Waals surface area contributed by atoms with Crippen LogP contribution in [0.15, 0.2) is 73.1 Å². The number of nitrogens with one attached hydrogen (secondary N) is 1. The molecule has 0 atom stereocenters. The van der Waals surface area contributed by atoms with E-state index in [0.29, 0.717) is 23.6 Å². The third-order valence-corrected chi connectivity index (χ3v) is 4.96. The molecule has 0 saturated carbocycles. The molecule has 1 aliphatic heterocycles. The molecule has 0 spiro atoms. The minimum Gasteiger partial charge on any atom is -0.488 e. The van der Waals surface area contributed by atoms with Crippen LogP contribution in [0.4, 0.5) is 5.69 Å². The summed E-state index contributed by atoms with van der Waals surface area (Å²) in [6, 6.07) is 19.3. The van der Waals surface area contributed by atoms with Gasteiger partial charge in [0, 0.05) is 25.8 Å². The molecule has 1 aliphatic rings. The van der Waals surface area contributed by atoms with E-state index in [1.54, 1.807) is 18.5 Å². The summed E-state index contributed by atoms with van der Waals surface area (Å²) in [6.45, 7) is 4.44. The number of rotatable bonds is 7. The van der Waals surface area contributed by atoms with Gasteiger partial charge in [-0.25, -0.2) is 0 Å². The standard InChI is InChI=1S/C24H25N3O3/c28-24(26-21-7-4-10-25-16-21)22-15-20(17-27-11-13-29-14-12-27)8-9-23(22)30-18-19-5-2-1-3-6-19/h1-10,15-16H,11-14,17-18H2,(H,26,28). The third kappa shape index (κ3) is 5.43. The Bertz CT molecular complexity index is 958. The molecule has 2 aromatic carbocycles. The van der Waals surface area contributed by atoms with Crippen molar-refractivity contribution in [2.24, 2.45) is 0 Å². The van der Waals surface area contributed by atoms with Crippen molar-refractivity contribution in [1.82, 2.24) is 9.88 Å². The number of anilines is 1. The zero-order valence-electron chi connectivity index (χ0n) is 16.8. The molecule has 3 aromatic rings. The highest BCUT2D eigenvalue weighted by molar-refractivity contribution is 6.06. The molecule has 6 nitrogen and oxygen atoms in total. The van der Waals surface area contributed by atoms with Crippen LogP contribution >= 0.6 is 0 Å². The van der Waals surface area contributed by atoms with Crippen molar-refractivity contribution in [3.8, 4) is 5.75 Å². The second kappa shape index (κ2) is 10.0. The van der Waals surface area contributed by atoms with E-state index < -0.39 is 0 Å². The van der Waals surface area contributed by atoms with Crippen molar-refractivity contribution in [3.63, 3.8) is 0 Å². The number of aromatic nitrogens is 1. The topological polar surface area (TPSA) is 63.7 Å². The number of morpholine rings is 1. The van der Waals surface area contributed by atoms with Gasteiger partial charge >= 0.3 is 0 Å². The zero-order chi connectivity index (χ0) is 20.6. The number of pyridine rings is 1. The van der Waals surface area contributed by atoms with E-state index in [0.717, 1.165) is 44.0 Å². The van der Waals surface area contributed by atoms with Crippen LogP contribution in [0.1, 0.15) is 21.5 Å². The van der Waals surface area contributed by atoms with Gasteiger partial charge in [-0.05, 0) is 35.4 Å². The van der Waals surface area contributed by atoms with Crippen LogP contribution < -0.4 is 10.1 Å². The Morgan fingerprint density at radius 3 is 2.63 bits per heavy atom. The first-order valence-electron chi connectivity index (χ1n) is 10.1. The fraction of sp³-hybridized carbons (Fsp3) is 0.250. The van der Waals surface area contributed by atoms with E-state index in [2.05, 4.69) is 15.2 Å². The zero-order valence-corrected chi connectivity index (χ0v) is 16.8. The normalized spacial score (nSPS) is 14.3. The second-order valence-corrected chi connectivity index (χ2v) is 7.19. The van der Waals surface area contributed by atoms with E-state index in [-0.39, 0.29) is 5.91 Å². The van der Waals surface area contributed by atoms with Gasteiger partial charge in [0.05, 0.1) is 30.7 Å². The van der Waals surface area contributed by atoms with Gasteiger partial charge < -0.3 is 14.8 Å². The summed E-state index contributed by atoms with van der Waals surface area (Å²) >= 11 is 0. The second-order valence-electron chi connectivity index (χ2n) is 7.19. The maximum absolute atomic E-state index is 13.0. The van der Waals surface area contributed by atoms with Crippen molar-refractivity contribution in [2.45, 2.75) is 13.2 Å². The number of ether oxygens (including phenoxy) is 2. The maximum Gasteiger partial charge on any atom is 0.259 e. The summed E-state index contributed by atoms with van der Waals surface area (Å²) in [7, 11) is 0. The molecule has 0 bridgehead atoms. The molecule has 6 heteroatoms. The number of hydrogen-bond donors (Lipinski definition) is 1. The molecular formula is C24H25N3O3. The quantitative estimate of drug-likeness (QED) is 0.651. The molecule has 1 saturated heterocycles. The van der Waals surface area contributed by atoms with Crippen LogP contribution in [0.2, 0.25) is 0 Å². The molecule has 2 heterocycles. The van der Waals surface area contributed by atoms with Crippen LogP contribution in [0, 0.1) is 0 Å². The van der Waals surface area contributed by atoms with Crippen molar-refractivity contribution < 1.29 is 14.3 Å². The highest BCUT2D eigenvalue weighted by Gasteiger charge is 2.17. The monoisotopic (exact) mass is 403 g/mol. The van der Waals surface area contributed by atoms with Gasteiger partial charge in [-0.1, -0.05) is 36.4 Å². The molecule has 0 unspecified atom stereocenters. The number of amides is 1. The maximum atomic E-state index is 13.0. The summed E-state index contributed by atoms with van der Waals surface area (Å²) in [5.41, 5.74) is 3.28. The van der Waals surface area contributed by atoms with E-state index in [9.17, 15) is 4.79 Å². The van der Waals surface area contributed by atoms with Gasteiger partial charge in [0.2, 0.25) is 0 Å². The highest BCUT2D eigenvalue weighted by Crippen LogP contribution is 2.24. The van der Waals surface area contributed by atoms with Gasteiger partial charge in [-0.3, -0.25) is 14.7 Å². The lowest BCUT2D eigenvalue weighted by Gasteiger charge is -2.26. The van der Waals surface area contributed by atoms with Gasteiger partial charge in [0.25, 0.3) is 5.91 Å². The third-order valence-electron chi connectivity index (χ3n) is 4.96. The van der Waals surface area contributed by atoms with Crippen molar-refractivity contribution in [2.75, 3.05) is 31.6 Å². The fourth-order valence-corrected chi connectivity index (χ4v) is 3.37. The van der Waals surface area contributed by atoms with Crippen LogP contribution in [0.5, 0.6) is 5.75 Å². The lowest BCUT2D eigenvalue weighted by molar-refractivity contribution is 0.0341. The highest BCUT2D eigenvalue weighted by atomic mass is 16.5. The van der Waals surface area contributed by atoms with Crippen molar-refractivity contribution in [3.05, 3.63) is 89.7 Å². The van der Waals surface area contributed by atoms with Crippen LogP contribution in [0.25, 0.3) is 0 Å². The number of carbonyl (C=O) groups is 1. The van der Waals surface area contributed by atoms with Crippen LogP contribution in [0.3, 0.4) is 0 Å². The largest absolute Gasteiger partial charge is 0.488 e. The Kier molecular flexibility index (Phi) is 6.69. The van der Waals surface area contributed by atoms with E-state index in [1.807, 2.05) is 54.6 Å². The minimum atomic E-state index is -0.213. The Morgan fingerprint density at radius 2 is 1.87 bits per heavy atom. The molecular weight excluding hydrogens is 378 g/mol. The summed E-state index contributed by atoms with van der Waals surface area (Å²) in [5.74, 6) is 0.348. The first-order valence-corrected chi connectivity index (χ1v) is 10.1. The molecule has 1 N–H and O–H groups in total. The predicted molar refractivity (Wildman–Crippen MR) is 116 cm³/mol. The number of hydrogen-bond acceptors (Lipinski definition) is 5. The van der Waals surface area contributed by atoms with E-state index >= 15 is 0 Å². The summed E-state index contributed by atoms with van der Waals surface area (Å²) in [5, 5.41) is 2.91. The Balaban J connectivity index is 1.54. The van der Waals surface area contributed by atoms with Gasteiger partial charge in [-0.15, -0.1) is 0 Å². The number of benzene rings is 2. The van der Waals surface area contributed by atoms with Gasteiger partial charge in [0.15, 0.2) is 0 Å². The predicted octanol–water partition coefficient (Wildman–Crippen LogP) is 3.75. The number of carbonyl (C=O) groups excluding carboxylic acids is 1. The summed E-state index contributed by atoms with van der Waals surface area (Å²) in [6.07, 6.45) is 3.30. The molecule has 0 radical (unpaired) electrons. The summed E-state index contributed by atoms with van der Waals surface area (Å²) in [4.78, 5) is 19.4. The lowest BCUT2D eigenvalue weighted by Crippen LogP contribution is -2.35. The molecule has 30 heavy (non-hydrogen) atoms. The van der Waals surface area contributed by atoms with Crippen molar-refractivity contribution >= 4 is 11.6 Å². The molecule has 154 valence electrons. The lowest BCUT2D eigenvalue weighted by atomic mass is 10.1. The average Bonchev–Trinajstić information content (AvgIpc) is 2.80. The Hall–Kier alpha value is -3.22. The van der Waals surface area contributed by atoms with E-state index in [1.165, 1.54) is 0 Å². The average molecular weight is 403 g/mol. The minimum absolute atomic E-state index is 0.213. The Labute approximate surface area is 176 Å². The molecule has 1 fully saturated rings. The molecule has 4 rings (SSSR count). The first kappa shape index (κ1) is 20.1. The number of nitrogens with zero attached hydrogens (tertiary/aromatic N) is 2. The van der Waals surface area contributed by atoms with E-state index in [4.69, 9.17) is 9.47 Å². The Morgan fingerprint density at radius 1 is 1.03 bits per heavy atom.